The van der Waals surface area contributed by atoms with Crippen LogP contribution in [0.3, 0.4) is 0 Å². The van der Waals surface area contributed by atoms with Crippen molar-refractivity contribution >= 4 is 17.7 Å². The zero-order valence-corrected chi connectivity index (χ0v) is 19.3. The highest BCUT2D eigenvalue weighted by Gasteiger charge is 2.51. The van der Waals surface area contributed by atoms with Gasteiger partial charge in [-0.1, -0.05) is 38.8 Å². The molecule has 0 aromatic rings. The first-order valence-corrected chi connectivity index (χ1v) is 11.3. The molecule has 0 aliphatic carbocycles. The number of allylic oxidation sites excluding steroid dienone is 1. The van der Waals surface area contributed by atoms with Crippen LogP contribution in [0.1, 0.15) is 66.7 Å². The summed E-state index contributed by atoms with van der Waals surface area (Å²) in [6.07, 6.45) is 8.08. The molecule has 0 radical (unpaired) electrons. The van der Waals surface area contributed by atoms with Crippen LogP contribution < -0.4 is 10.6 Å². The van der Waals surface area contributed by atoms with Crippen molar-refractivity contribution in [3.05, 3.63) is 12.2 Å². The second-order valence-corrected chi connectivity index (χ2v) is 9.51. The fourth-order valence-corrected chi connectivity index (χ4v) is 4.33. The highest BCUT2D eigenvalue weighted by atomic mass is 16.6. The van der Waals surface area contributed by atoms with Crippen molar-refractivity contribution in [1.29, 1.82) is 0 Å². The number of fused-ring (bicyclic) bond motifs is 12. The molecular weight excluding hydrogens is 382 g/mol. The number of hydrogen-bond acceptors (Lipinski definition) is 6. The molecule has 170 valence electrons. The van der Waals surface area contributed by atoms with Gasteiger partial charge in [0.15, 0.2) is 11.6 Å². The topological polar surface area (TPSA) is 87.7 Å². The van der Waals surface area contributed by atoms with E-state index in [2.05, 4.69) is 10.6 Å². The molecule has 3 rings (SSSR count). The van der Waals surface area contributed by atoms with Crippen LogP contribution in [0.2, 0.25) is 0 Å². The smallest absolute Gasteiger partial charge is 0.410 e. The first kappa shape index (κ1) is 24.5. The molecule has 1 atom stereocenters. The summed E-state index contributed by atoms with van der Waals surface area (Å²) in [6.45, 7) is 10.6. The van der Waals surface area contributed by atoms with Crippen LogP contribution in [0.5, 0.6) is 0 Å². The summed E-state index contributed by atoms with van der Waals surface area (Å²) in [4.78, 5) is 40.0. The SMILES string of the molecule is CC(C)NC12CN(C1)C(=O)OC/C=C/CCCCC[C@](C)(C(=O)C(C)C)NCC2=O. The third kappa shape index (κ3) is 6.14. The van der Waals surface area contributed by atoms with Crippen LogP contribution in [-0.4, -0.2) is 65.9 Å². The molecule has 3 aliphatic heterocycles. The molecule has 2 bridgehead atoms. The fraction of sp³-hybridized carbons (Fsp3) is 0.783. The summed E-state index contributed by atoms with van der Waals surface area (Å²) in [7, 11) is 0. The quantitative estimate of drug-likeness (QED) is 0.679. The summed E-state index contributed by atoms with van der Waals surface area (Å²) in [5, 5.41) is 6.65. The highest BCUT2D eigenvalue weighted by Crippen LogP contribution is 2.26. The Bertz CT molecular complexity index is 653. The second kappa shape index (κ2) is 10.5. The van der Waals surface area contributed by atoms with Crippen molar-refractivity contribution in [3.63, 3.8) is 0 Å². The molecule has 0 spiro atoms. The van der Waals surface area contributed by atoms with Crippen LogP contribution in [0.25, 0.3) is 0 Å². The normalized spacial score (nSPS) is 30.6. The maximum atomic E-state index is 13.2. The molecule has 1 fully saturated rings. The standard InChI is InChI=1S/C23H39N3O4/c1-17(2)20(28)22(5)12-10-8-6-7-9-11-13-30-21(29)26-15-23(16-26,25-18(3)4)19(27)14-24-22/h9,11,17-18,24-25H,6-8,10,12-16H2,1-5H3/b11-9+/t22-/m1/s1. The summed E-state index contributed by atoms with van der Waals surface area (Å²) < 4.78 is 5.29. The van der Waals surface area contributed by atoms with E-state index in [1.54, 1.807) is 4.90 Å². The zero-order valence-electron chi connectivity index (χ0n) is 19.3. The summed E-state index contributed by atoms with van der Waals surface area (Å²) in [6, 6.07) is 0.0906. The van der Waals surface area contributed by atoms with Gasteiger partial charge in [0.1, 0.15) is 12.1 Å². The molecule has 0 unspecified atom stereocenters. The third-order valence-electron chi connectivity index (χ3n) is 6.00. The van der Waals surface area contributed by atoms with Gasteiger partial charge >= 0.3 is 6.09 Å². The van der Waals surface area contributed by atoms with E-state index in [1.807, 2.05) is 46.8 Å². The number of ketones is 2. The Kier molecular flexibility index (Phi) is 8.62. The highest BCUT2D eigenvalue weighted by molar-refractivity contribution is 5.95. The van der Waals surface area contributed by atoms with Crippen LogP contribution >= 0.6 is 0 Å². The van der Waals surface area contributed by atoms with Gasteiger partial charge in [0.25, 0.3) is 0 Å². The lowest BCUT2D eigenvalue weighted by atomic mass is 9.81. The van der Waals surface area contributed by atoms with Gasteiger partial charge in [-0.2, -0.15) is 0 Å². The number of nitrogens with one attached hydrogen (secondary N) is 2. The largest absolute Gasteiger partial charge is 0.445 e. The first-order valence-electron chi connectivity index (χ1n) is 11.3. The van der Waals surface area contributed by atoms with Gasteiger partial charge in [0.05, 0.1) is 25.2 Å². The number of rotatable bonds is 4. The van der Waals surface area contributed by atoms with Crippen molar-refractivity contribution in [2.24, 2.45) is 5.92 Å². The van der Waals surface area contributed by atoms with E-state index in [0.717, 1.165) is 25.7 Å². The van der Waals surface area contributed by atoms with Gasteiger partial charge in [-0.3, -0.25) is 20.2 Å². The molecular formula is C23H39N3O4. The summed E-state index contributed by atoms with van der Waals surface area (Å²) >= 11 is 0. The molecule has 7 heteroatoms. The van der Waals surface area contributed by atoms with E-state index < -0.39 is 17.2 Å². The number of ether oxygens (including phenoxy) is 1. The minimum Gasteiger partial charge on any atom is -0.445 e. The van der Waals surface area contributed by atoms with Crippen molar-refractivity contribution in [2.75, 3.05) is 26.2 Å². The number of nitrogens with zero attached hydrogens (tertiary/aromatic N) is 1. The lowest BCUT2D eigenvalue weighted by Gasteiger charge is -2.49. The van der Waals surface area contributed by atoms with E-state index in [9.17, 15) is 14.4 Å². The van der Waals surface area contributed by atoms with E-state index in [1.165, 1.54) is 0 Å². The minimum atomic E-state index is -0.800. The van der Waals surface area contributed by atoms with Crippen LogP contribution in [0.4, 0.5) is 4.79 Å². The van der Waals surface area contributed by atoms with E-state index in [-0.39, 0.29) is 49.8 Å². The van der Waals surface area contributed by atoms with Crippen LogP contribution in [0.15, 0.2) is 12.2 Å². The number of carbonyl (C=O) groups is 3. The Morgan fingerprint density at radius 1 is 1.13 bits per heavy atom. The third-order valence-corrected chi connectivity index (χ3v) is 6.00. The Morgan fingerprint density at radius 2 is 1.83 bits per heavy atom. The Morgan fingerprint density at radius 3 is 2.47 bits per heavy atom. The molecule has 1 saturated heterocycles. The number of amides is 1. The number of Topliss-reactive ketones (excluding diaryl/α,β-unsaturated/α-hetero) is 2. The fourth-order valence-electron chi connectivity index (χ4n) is 4.33. The molecule has 0 aromatic heterocycles. The Labute approximate surface area is 181 Å². The van der Waals surface area contributed by atoms with Gasteiger partial charge in [-0.25, -0.2) is 4.79 Å². The van der Waals surface area contributed by atoms with Crippen molar-refractivity contribution in [3.8, 4) is 0 Å². The number of carbonyl (C=O) groups excluding carboxylic acids is 3. The van der Waals surface area contributed by atoms with Crippen molar-refractivity contribution < 1.29 is 19.1 Å². The average Bonchev–Trinajstić information content (AvgIpc) is 2.65. The molecule has 3 aliphatic rings. The summed E-state index contributed by atoms with van der Waals surface area (Å²) in [5.74, 6) is 0.0106. The van der Waals surface area contributed by atoms with Gasteiger partial charge in [0, 0.05) is 12.0 Å². The second-order valence-electron chi connectivity index (χ2n) is 9.51. The molecule has 7 nitrogen and oxygen atoms in total. The molecule has 0 aromatic carbocycles. The van der Waals surface area contributed by atoms with E-state index >= 15 is 0 Å². The maximum absolute atomic E-state index is 13.2. The van der Waals surface area contributed by atoms with Gasteiger partial charge < -0.3 is 9.64 Å². The predicted octanol–water partition coefficient (Wildman–Crippen LogP) is 2.84. The minimum absolute atomic E-state index is 0.0211. The lowest BCUT2D eigenvalue weighted by Crippen LogP contribution is -2.76. The van der Waals surface area contributed by atoms with Crippen molar-refractivity contribution in [2.45, 2.75) is 83.8 Å². The molecule has 30 heavy (non-hydrogen) atoms. The monoisotopic (exact) mass is 421 g/mol. The van der Waals surface area contributed by atoms with Crippen molar-refractivity contribution in [1.82, 2.24) is 15.5 Å². The first-order chi connectivity index (χ1) is 14.1. The Hall–Kier alpha value is -1.73. The molecule has 3 heterocycles. The average molecular weight is 422 g/mol. The Balaban J connectivity index is 2.19. The summed E-state index contributed by atoms with van der Waals surface area (Å²) in [5.41, 5.74) is -1.53. The maximum Gasteiger partial charge on any atom is 0.410 e. The van der Waals surface area contributed by atoms with Gasteiger partial charge in [0.2, 0.25) is 0 Å². The van der Waals surface area contributed by atoms with E-state index in [0.29, 0.717) is 6.42 Å². The zero-order chi connectivity index (χ0) is 22.4. The van der Waals surface area contributed by atoms with Crippen LogP contribution in [0, 0.1) is 5.92 Å². The molecule has 2 N–H and O–H groups in total. The predicted molar refractivity (Wildman–Crippen MR) is 117 cm³/mol. The van der Waals surface area contributed by atoms with Gasteiger partial charge in [-0.15, -0.1) is 0 Å². The lowest BCUT2D eigenvalue weighted by molar-refractivity contribution is -0.133. The molecule has 0 saturated carbocycles. The van der Waals surface area contributed by atoms with E-state index in [4.69, 9.17) is 4.74 Å². The number of hydrogen-bond donors (Lipinski definition) is 2. The van der Waals surface area contributed by atoms with Gasteiger partial charge in [-0.05, 0) is 40.0 Å². The molecule has 1 amide bonds. The van der Waals surface area contributed by atoms with Crippen LogP contribution in [-0.2, 0) is 14.3 Å².